The van der Waals surface area contributed by atoms with Crippen LogP contribution in [0.5, 0.6) is 0 Å². The zero-order chi connectivity index (χ0) is 16.4. The summed E-state index contributed by atoms with van der Waals surface area (Å²) < 4.78 is 1.84. The van der Waals surface area contributed by atoms with Crippen molar-refractivity contribution in [2.45, 2.75) is 26.7 Å². The van der Waals surface area contributed by atoms with Crippen LogP contribution in [-0.4, -0.2) is 39.5 Å². The number of nitrogens with zero attached hydrogens (tertiary/aromatic N) is 3. The number of amides is 1. The molecule has 122 valence electrons. The highest BCUT2D eigenvalue weighted by molar-refractivity contribution is 6.10. The Bertz CT molecular complexity index is 765. The SMILES string of the molecule is CCc1cc2c(C3=NNC(=O)CC3C)ccc(NCCO)n2n1. The molecule has 2 aromatic rings. The molecule has 0 aromatic carbocycles. The van der Waals surface area contributed by atoms with Gasteiger partial charge in [-0.2, -0.15) is 10.2 Å². The molecule has 1 amide bonds. The van der Waals surface area contributed by atoms with Crippen LogP contribution in [-0.2, 0) is 11.2 Å². The van der Waals surface area contributed by atoms with Gasteiger partial charge in [-0.25, -0.2) is 9.94 Å². The van der Waals surface area contributed by atoms with E-state index in [0.29, 0.717) is 13.0 Å². The number of rotatable bonds is 5. The third kappa shape index (κ3) is 2.92. The summed E-state index contributed by atoms with van der Waals surface area (Å²) in [6.45, 7) is 4.58. The number of fused-ring (bicyclic) bond motifs is 1. The lowest BCUT2D eigenvalue weighted by Gasteiger charge is -2.20. The summed E-state index contributed by atoms with van der Waals surface area (Å²) in [5.74, 6) is 0.829. The molecule has 0 fully saturated rings. The van der Waals surface area contributed by atoms with Gasteiger partial charge < -0.3 is 10.4 Å². The molecular formula is C16H21N5O2. The third-order valence-electron chi connectivity index (χ3n) is 3.99. The van der Waals surface area contributed by atoms with Crippen LogP contribution in [0.2, 0.25) is 0 Å². The van der Waals surface area contributed by atoms with Crippen LogP contribution >= 0.6 is 0 Å². The van der Waals surface area contributed by atoms with Crippen molar-refractivity contribution in [1.82, 2.24) is 15.0 Å². The first-order valence-corrected chi connectivity index (χ1v) is 7.87. The van der Waals surface area contributed by atoms with Gasteiger partial charge in [0.2, 0.25) is 5.91 Å². The Morgan fingerprint density at radius 2 is 2.30 bits per heavy atom. The molecule has 1 unspecified atom stereocenters. The lowest BCUT2D eigenvalue weighted by atomic mass is 9.94. The number of carbonyl (C=O) groups excluding carboxylic acids is 1. The van der Waals surface area contributed by atoms with Crippen molar-refractivity contribution in [1.29, 1.82) is 0 Å². The number of pyridine rings is 1. The van der Waals surface area contributed by atoms with Crippen molar-refractivity contribution >= 4 is 23.0 Å². The zero-order valence-electron chi connectivity index (χ0n) is 13.3. The molecule has 2 aromatic heterocycles. The fourth-order valence-electron chi connectivity index (χ4n) is 2.81. The number of aliphatic hydroxyl groups excluding tert-OH is 1. The van der Waals surface area contributed by atoms with Gasteiger partial charge >= 0.3 is 0 Å². The number of aromatic nitrogens is 2. The van der Waals surface area contributed by atoms with Crippen molar-refractivity contribution in [2.24, 2.45) is 11.0 Å². The van der Waals surface area contributed by atoms with Crippen LogP contribution < -0.4 is 10.7 Å². The Kier molecular flexibility index (Phi) is 4.29. The van der Waals surface area contributed by atoms with E-state index in [9.17, 15) is 4.79 Å². The first-order valence-electron chi connectivity index (χ1n) is 7.87. The van der Waals surface area contributed by atoms with Gasteiger partial charge in [0, 0.05) is 24.4 Å². The van der Waals surface area contributed by atoms with E-state index in [4.69, 9.17) is 5.11 Å². The number of aliphatic hydroxyl groups is 1. The molecule has 0 bridgehead atoms. The maximum atomic E-state index is 11.5. The first-order chi connectivity index (χ1) is 11.1. The number of hydrogen-bond acceptors (Lipinski definition) is 5. The molecule has 0 saturated carbocycles. The molecule has 3 heterocycles. The maximum Gasteiger partial charge on any atom is 0.240 e. The van der Waals surface area contributed by atoms with Gasteiger partial charge in [0.05, 0.1) is 23.5 Å². The van der Waals surface area contributed by atoms with Crippen LogP contribution in [0.15, 0.2) is 23.3 Å². The number of hydrogen-bond donors (Lipinski definition) is 3. The minimum absolute atomic E-state index is 0.0544. The quantitative estimate of drug-likeness (QED) is 0.772. The summed E-state index contributed by atoms with van der Waals surface area (Å²) in [5.41, 5.74) is 6.34. The molecule has 0 saturated heterocycles. The van der Waals surface area contributed by atoms with Gasteiger partial charge in [-0.3, -0.25) is 4.79 Å². The second-order valence-electron chi connectivity index (χ2n) is 5.71. The van der Waals surface area contributed by atoms with Gasteiger partial charge in [-0.05, 0) is 24.6 Å². The predicted octanol–water partition coefficient (Wildman–Crippen LogP) is 1.16. The summed E-state index contributed by atoms with van der Waals surface area (Å²) in [5, 5.41) is 21.0. The van der Waals surface area contributed by atoms with Gasteiger partial charge in [0.1, 0.15) is 5.82 Å². The first kappa shape index (κ1) is 15.5. The van der Waals surface area contributed by atoms with Crippen molar-refractivity contribution in [3.8, 4) is 0 Å². The van der Waals surface area contributed by atoms with Gasteiger partial charge in [0.25, 0.3) is 0 Å². The number of nitrogens with one attached hydrogen (secondary N) is 2. The van der Waals surface area contributed by atoms with Crippen molar-refractivity contribution in [2.75, 3.05) is 18.5 Å². The van der Waals surface area contributed by atoms with Crippen molar-refractivity contribution < 1.29 is 9.90 Å². The molecule has 1 atom stereocenters. The van der Waals surface area contributed by atoms with Gasteiger partial charge in [-0.1, -0.05) is 13.8 Å². The molecule has 0 spiro atoms. The largest absolute Gasteiger partial charge is 0.395 e. The summed E-state index contributed by atoms with van der Waals surface area (Å²) in [6, 6.07) is 5.96. The second-order valence-corrected chi connectivity index (χ2v) is 5.71. The Morgan fingerprint density at radius 3 is 3.00 bits per heavy atom. The third-order valence-corrected chi connectivity index (χ3v) is 3.99. The highest BCUT2D eigenvalue weighted by Crippen LogP contribution is 2.24. The van der Waals surface area contributed by atoms with Crippen molar-refractivity contribution in [3.05, 3.63) is 29.5 Å². The fraction of sp³-hybridized carbons (Fsp3) is 0.438. The van der Waals surface area contributed by atoms with E-state index in [1.165, 1.54) is 0 Å². The smallest absolute Gasteiger partial charge is 0.240 e. The van der Waals surface area contributed by atoms with Crippen LogP contribution in [0.1, 0.15) is 31.5 Å². The monoisotopic (exact) mass is 315 g/mol. The van der Waals surface area contributed by atoms with Gasteiger partial charge in [0.15, 0.2) is 0 Å². The predicted molar refractivity (Wildman–Crippen MR) is 88.6 cm³/mol. The highest BCUT2D eigenvalue weighted by Gasteiger charge is 2.24. The summed E-state index contributed by atoms with van der Waals surface area (Å²) in [4.78, 5) is 11.5. The van der Waals surface area contributed by atoms with E-state index in [1.807, 2.05) is 29.6 Å². The average Bonchev–Trinajstić information content (AvgIpc) is 2.98. The summed E-state index contributed by atoms with van der Waals surface area (Å²) >= 11 is 0. The number of aryl methyl sites for hydroxylation is 1. The van der Waals surface area contributed by atoms with E-state index >= 15 is 0 Å². The number of anilines is 1. The Balaban J connectivity index is 2.11. The maximum absolute atomic E-state index is 11.5. The molecule has 3 N–H and O–H groups in total. The van der Waals surface area contributed by atoms with Crippen molar-refractivity contribution in [3.63, 3.8) is 0 Å². The molecule has 3 rings (SSSR count). The van der Waals surface area contributed by atoms with E-state index in [1.54, 1.807) is 0 Å². The summed E-state index contributed by atoms with van der Waals surface area (Å²) in [7, 11) is 0. The Morgan fingerprint density at radius 1 is 1.48 bits per heavy atom. The van der Waals surface area contributed by atoms with E-state index in [0.717, 1.165) is 34.7 Å². The van der Waals surface area contributed by atoms with Crippen LogP contribution in [0, 0.1) is 5.92 Å². The number of carbonyl (C=O) groups is 1. The standard InChI is InChI=1S/C16H21N5O2/c1-3-11-9-13-12(16-10(2)8-15(23)18-19-16)4-5-14(17-6-7-22)21(13)20-11/h4-5,9-10,17,22H,3,6-8H2,1-2H3,(H,18,23). The molecule has 0 aliphatic carbocycles. The summed E-state index contributed by atoms with van der Waals surface area (Å²) in [6.07, 6.45) is 1.27. The van der Waals surface area contributed by atoms with Crippen LogP contribution in [0.4, 0.5) is 5.82 Å². The lowest BCUT2D eigenvalue weighted by molar-refractivity contribution is -0.121. The number of hydrazone groups is 1. The van der Waals surface area contributed by atoms with Crippen LogP contribution in [0.25, 0.3) is 5.52 Å². The highest BCUT2D eigenvalue weighted by atomic mass is 16.3. The molecule has 0 radical (unpaired) electrons. The normalized spacial score (nSPS) is 18.0. The topological polar surface area (TPSA) is 91.0 Å². The fourth-order valence-corrected chi connectivity index (χ4v) is 2.81. The molecule has 7 nitrogen and oxygen atoms in total. The van der Waals surface area contributed by atoms with E-state index in [-0.39, 0.29) is 18.4 Å². The van der Waals surface area contributed by atoms with E-state index < -0.39 is 0 Å². The average molecular weight is 315 g/mol. The van der Waals surface area contributed by atoms with Gasteiger partial charge in [-0.15, -0.1) is 0 Å². The van der Waals surface area contributed by atoms with E-state index in [2.05, 4.69) is 27.9 Å². The molecule has 1 aliphatic rings. The molecule has 7 heteroatoms. The molecule has 23 heavy (non-hydrogen) atoms. The minimum Gasteiger partial charge on any atom is -0.395 e. The molecular weight excluding hydrogens is 294 g/mol. The minimum atomic E-state index is -0.0544. The molecule has 1 aliphatic heterocycles. The Labute approximate surface area is 134 Å². The lowest BCUT2D eigenvalue weighted by Crippen LogP contribution is -2.32. The zero-order valence-corrected chi connectivity index (χ0v) is 13.3. The van der Waals surface area contributed by atoms with Crippen LogP contribution in [0.3, 0.4) is 0 Å². The second kappa shape index (κ2) is 6.37. The Hall–Kier alpha value is -2.41.